The number of Topliss-reactive ketones (excluding diaryl/α,β-unsaturated/α-hetero) is 1. The minimum Gasteiger partial charge on any atom is -0.367 e. The molecule has 1 saturated carbocycles. The largest absolute Gasteiger partial charge is 0.367 e. The summed E-state index contributed by atoms with van der Waals surface area (Å²) in [5.74, 6) is 3.09. The first-order chi connectivity index (χ1) is 7.14. The first-order valence-electron chi connectivity index (χ1n) is 5.75. The predicted molar refractivity (Wildman–Crippen MR) is 60.4 cm³/mol. The van der Waals surface area contributed by atoms with Crippen molar-refractivity contribution in [1.82, 2.24) is 0 Å². The Morgan fingerprint density at radius 2 is 2.40 bits per heavy atom. The summed E-state index contributed by atoms with van der Waals surface area (Å²) in [4.78, 5) is 12.0. The highest BCUT2D eigenvalue weighted by atomic mass is 16.5. The quantitative estimate of drug-likeness (QED) is 0.664. The van der Waals surface area contributed by atoms with Gasteiger partial charge in [0.05, 0.1) is 6.42 Å². The molecule has 0 heterocycles. The van der Waals surface area contributed by atoms with E-state index < -0.39 is 5.60 Å². The molecule has 0 spiro atoms. The van der Waals surface area contributed by atoms with Crippen molar-refractivity contribution in [2.24, 2.45) is 5.92 Å². The van der Waals surface area contributed by atoms with Gasteiger partial charge in [-0.1, -0.05) is 19.3 Å². The second-order valence-corrected chi connectivity index (χ2v) is 4.43. The van der Waals surface area contributed by atoms with Crippen LogP contribution in [0.25, 0.3) is 0 Å². The van der Waals surface area contributed by atoms with E-state index in [9.17, 15) is 4.79 Å². The summed E-state index contributed by atoms with van der Waals surface area (Å²) in [5, 5.41) is 0. The topological polar surface area (TPSA) is 26.3 Å². The fourth-order valence-electron chi connectivity index (χ4n) is 2.50. The molecule has 0 saturated heterocycles. The Hall–Kier alpha value is -0.810. The lowest BCUT2D eigenvalue weighted by molar-refractivity contribution is -0.150. The zero-order valence-electron chi connectivity index (χ0n) is 9.71. The minimum atomic E-state index is -0.571. The molecule has 2 atom stereocenters. The third-order valence-electron chi connectivity index (χ3n) is 3.15. The Balaban J connectivity index is 2.77. The molecule has 0 aromatic rings. The van der Waals surface area contributed by atoms with E-state index >= 15 is 0 Å². The Labute approximate surface area is 92.4 Å². The Kier molecular flexibility index (Phi) is 4.35. The van der Waals surface area contributed by atoms with Crippen LogP contribution in [0.4, 0.5) is 0 Å². The zero-order valence-corrected chi connectivity index (χ0v) is 9.71. The number of rotatable bonds is 4. The predicted octanol–water partition coefficient (Wildman–Crippen LogP) is 2.56. The molecule has 0 aromatic heterocycles. The molecule has 0 bridgehead atoms. The highest BCUT2D eigenvalue weighted by molar-refractivity contribution is 5.89. The average Bonchev–Trinajstić information content (AvgIpc) is 2.18. The van der Waals surface area contributed by atoms with Gasteiger partial charge >= 0.3 is 0 Å². The maximum absolute atomic E-state index is 12.0. The van der Waals surface area contributed by atoms with Gasteiger partial charge in [-0.3, -0.25) is 4.79 Å². The molecule has 0 amide bonds. The van der Waals surface area contributed by atoms with E-state index in [0.717, 1.165) is 19.3 Å². The Morgan fingerprint density at radius 1 is 1.67 bits per heavy atom. The number of hydrogen-bond donors (Lipinski definition) is 0. The van der Waals surface area contributed by atoms with Crippen molar-refractivity contribution in [3.63, 3.8) is 0 Å². The third kappa shape index (κ3) is 2.82. The average molecular weight is 208 g/mol. The van der Waals surface area contributed by atoms with Crippen LogP contribution in [-0.4, -0.2) is 18.0 Å². The number of carbonyl (C=O) groups is 1. The number of ketones is 1. The smallest absolute Gasteiger partial charge is 0.176 e. The summed E-state index contributed by atoms with van der Waals surface area (Å²) in [5.41, 5.74) is -0.571. The molecule has 1 rings (SSSR count). The molecule has 0 N–H and O–H groups in total. The van der Waals surface area contributed by atoms with Crippen molar-refractivity contribution in [2.75, 3.05) is 6.61 Å². The second kappa shape index (κ2) is 5.32. The molecule has 1 aliphatic rings. The Bertz CT molecular complexity index is 260. The molecule has 1 fully saturated rings. The van der Waals surface area contributed by atoms with Gasteiger partial charge in [0, 0.05) is 6.61 Å². The molecule has 1 aliphatic carbocycles. The van der Waals surface area contributed by atoms with E-state index in [-0.39, 0.29) is 12.2 Å². The van der Waals surface area contributed by atoms with Gasteiger partial charge in [-0.25, -0.2) is 0 Å². The van der Waals surface area contributed by atoms with Crippen LogP contribution in [0.3, 0.4) is 0 Å². The lowest BCUT2D eigenvalue weighted by atomic mass is 9.75. The summed E-state index contributed by atoms with van der Waals surface area (Å²) in [6.45, 7) is 4.70. The molecular formula is C13H20O2. The number of carbonyl (C=O) groups excluding carboxylic acids is 1. The lowest BCUT2D eigenvalue weighted by Crippen LogP contribution is -2.45. The highest BCUT2D eigenvalue weighted by Gasteiger charge is 2.41. The molecule has 0 aromatic carbocycles. The molecule has 15 heavy (non-hydrogen) atoms. The van der Waals surface area contributed by atoms with Gasteiger partial charge in [-0.05, 0) is 32.1 Å². The van der Waals surface area contributed by atoms with Gasteiger partial charge in [0.25, 0.3) is 0 Å². The monoisotopic (exact) mass is 208 g/mol. The molecule has 0 radical (unpaired) electrons. The molecule has 2 heteroatoms. The summed E-state index contributed by atoms with van der Waals surface area (Å²) >= 11 is 0. The first kappa shape index (κ1) is 12.3. The van der Waals surface area contributed by atoms with Gasteiger partial charge in [0.15, 0.2) is 5.78 Å². The highest BCUT2D eigenvalue weighted by Crippen LogP contribution is 2.36. The van der Waals surface area contributed by atoms with Crippen LogP contribution >= 0.6 is 0 Å². The number of terminal acetylenes is 1. The number of hydrogen-bond acceptors (Lipinski definition) is 2. The van der Waals surface area contributed by atoms with Crippen LogP contribution in [0.1, 0.15) is 46.0 Å². The first-order valence-corrected chi connectivity index (χ1v) is 5.75. The van der Waals surface area contributed by atoms with Gasteiger partial charge in [0.2, 0.25) is 0 Å². The van der Waals surface area contributed by atoms with Crippen molar-refractivity contribution in [3.05, 3.63) is 0 Å². The fraction of sp³-hybridized carbons (Fsp3) is 0.769. The molecule has 0 aliphatic heterocycles. The maximum Gasteiger partial charge on any atom is 0.176 e. The summed E-state index contributed by atoms with van der Waals surface area (Å²) < 4.78 is 5.71. The zero-order chi connectivity index (χ0) is 11.3. The van der Waals surface area contributed by atoms with Gasteiger partial charge in [0.1, 0.15) is 5.60 Å². The Morgan fingerprint density at radius 3 is 2.93 bits per heavy atom. The van der Waals surface area contributed by atoms with E-state index in [1.165, 1.54) is 6.42 Å². The SMILES string of the molecule is C#CCC(=O)C1(OCC)CCCC(C)C1. The summed E-state index contributed by atoms with van der Waals surface area (Å²) in [7, 11) is 0. The normalized spacial score (nSPS) is 30.9. The summed E-state index contributed by atoms with van der Waals surface area (Å²) in [6, 6.07) is 0. The van der Waals surface area contributed by atoms with Crippen molar-refractivity contribution in [3.8, 4) is 12.3 Å². The van der Waals surface area contributed by atoms with Crippen molar-refractivity contribution < 1.29 is 9.53 Å². The van der Waals surface area contributed by atoms with Crippen molar-refractivity contribution in [1.29, 1.82) is 0 Å². The van der Waals surface area contributed by atoms with Crippen LogP contribution in [0.5, 0.6) is 0 Å². The van der Waals surface area contributed by atoms with Gasteiger partial charge in [-0.15, -0.1) is 6.42 Å². The van der Waals surface area contributed by atoms with Gasteiger partial charge < -0.3 is 4.74 Å². The van der Waals surface area contributed by atoms with Crippen LogP contribution in [0, 0.1) is 18.3 Å². The third-order valence-corrected chi connectivity index (χ3v) is 3.15. The summed E-state index contributed by atoms with van der Waals surface area (Å²) in [6.07, 6.45) is 9.33. The minimum absolute atomic E-state index is 0.0957. The van der Waals surface area contributed by atoms with E-state index in [2.05, 4.69) is 12.8 Å². The van der Waals surface area contributed by atoms with Gasteiger partial charge in [-0.2, -0.15) is 0 Å². The van der Waals surface area contributed by atoms with Crippen LogP contribution in [0.15, 0.2) is 0 Å². The molecule has 84 valence electrons. The second-order valence-electron chi connectivity index (χ2n) is 4.43. The fourth-order valence-corrected chi connectivity index (χ4v) is 2.50. The maximum atomic E-state index is 12.0. The molecule has 2 nitrogen and oxygen atoms in total. The van der Waals surface area contributed by atoms with Crippen molar-refractivity contribution >= 4 is 5.78 Å². The standard InChI is InChI=1S/C13H20O2/c1-4-7-12(14)13(15-5-2)9-6-8-11(3)10-13/h1,11H,5-10H2,2-3H3. The molecular weight excluding hydrogens is 188 g/mol. The van der Waals surface area contributed by atoms with E-state index in [1.807, 2.05) is 6.92 Å². The van der Waals surface area contributed by atoms with E-state index in [0.29, 0.717) is 12.5 Å². The van der Waals surface area contributed by atoms with E-state index in [1.54, 1.807) is 0 Å². The van der Waals surface area contributed by atoms with Crippen LogP contribution in [-0.2, 0) is 9.53 Å². The van der Waals surface area contributed by atoms with Crippen LogP contribution < -0.4 is 0 Å². The van der Waals surface area contributed by atoms with E-state index in [4.69, 9.17) is 11.2 Å². The molecule has 2 unspecified atom stereocenters. The van der Waals surface area contributed by atoms with Crippen molar-refractivity contribution in [2.45, 2.75) is 51.6 Å². The number of ether oxygens (including phenoxy) is 1. The lowest BCUT2D eigenvalue weighted by Gasteiger charge is -2.38. The van der Waals surface area contributed by atoms with Crippen LogP contribution in [0.2, 0.25) is 0 Å².